The molecule has 0 fully saturated rings. The van der Waals surface area contributed by atoms with E-state index in [9.17, 15) is 0 Å². The number of nitrogens with two attached hydrogens (primary N) is 1. The molecule has 0 heterocycles. The van der Waals surface area contributed by atoms with Crippen molar-refractivity contribution in [3.63, 3.8) is 0 Å². The summed E-state index contributed by atoms with van der Waals surface area (Å²) < 4.78 is 0. The van der Waals surface area contributed by atoms with E-state index in [1.165, 1.54) is 0 Å². The zero-order chi connectivity index (χ0) is 5.98. The molecule has 0 saturated heterocycles. The molecule has 1 rings (SSSR count). The second-order valence-corrected chi connectivity index (χ2v) is 1.75. The van der Waals surface area contributed by atoms with Crippen LogP contribution >= 0.6 is 0 Å². The topological polar surface area (TPSA) is 26.0 Å². The molecule has 2 N–H and O–H groups in total. The fourth-order valence-corrected chi connectivity index (χ4v) is 0.593. The van der Waals surface area contributed by atoms with E-state index in [1.807, 2.05) is 24.3 Å². The number of nitrogen functional groups attached to an aromatic ring is 1. The number of rotatable bonds is 0. The average molecular weight is 305 g/mol. The first kappa shape index (κ1) is 12.3. The molecular formula is C8H11NW. The summed E-state index contributed by atoms with van der Waals surface area (Å²) >= 11 is 0. The van der Waals surface area contributed by atoms with Gasteiger partial charge in [-0.3, -0.25) is 0 Å². The van der Waals surface area contributed by atoms with Crippen molar-refractivity contribution in [2.24, 2.45) is 0 Å². The van der Waals surface area contributed by atoms with Crippen LogP contribution in [0.25, 0.3) is 0 Å². The molecule has 1 aromatic rings. The Kier molecular flexibility index (Phi) is 6.59. The number of anilines is 1. The van der Waals surface area contributed by atoms with E-state index in [1.54, 1.807) is 0 Å². The molecule has 1 aromatic carbocycles. The summed E-state index contributed by atoms with van der Waals surface area (Å²) in [6, 6.07) is 7.47. The maximum absolute atomic E-state index is 5.42. The summed E-state index contributed by atoms with van der Waals surface area (Å²) in [7, 11) is 0. The smallest absolute Gasteiger partial charge is 0.409 e. The van der Waals surface area contributed by atoms with Gasteiger partial charge < -0.3 is 13.2 Å². The third-order valence-corrected chi connectivity index (χ3v) is 0.951. The van der Waals surface area contributed by atoms with Gasteiger partial charge in [0.15, 0.2) is 0 Å². The van der Waals surface area contributed by atoms with Crippen molar-refractivity contribution in [3.8, 4) is 0 Å². The van der Waals surface area contributed by atoms with Crippen LogP contribution in [0, 0.1) is 14.4 Å². The van der Waals surface area contributed by atoms with Crippen LogP contribution in [0.2, 0.25) is 0 Å². The molecule has 10 heavy (non-hydrogen) atoms. The molecule has 0 bridgehead atoms. The molecule has 0 saturated carbocycles. The van der Waals surface area contributed by atoms with Gasteiger partial charge in [-0.25, -0.2) is 0 Å². The molecule has 0 unspecified atom stereocenters. The van der Waals surface area contributed by atoms with Gasteiger partial charge in [0.1, 0.15) is 0 Å². The van der Waals surface area contributed by atoms with Crippen LogP contribution in [0.3, 0.4) is 0 Å². The Labute approximate surface area is 76.9 Å². The van der Waals surface area contributed by atoms with E-state index >= 15 is 0 Å². The number of hydrogen-bond acceptors (Lipinski definition) is 1. The number of hydrogen-bond donors (Lipinski definition) is 1. The van der Waals surface area contributed by atoms with Crippen LogP contribution in [0.15, 0.2) is 24.3 Å². The van der Waals surface area contributed by atoms with E-state index < -0.39 is 0 Å². The Morgan fingerprint density at radius 3 is 2.20 bits per heavy atom. The molecule has 0 aromatic heterocycles. The third kappa shape index (κ3) is 3.57. The first-order valence-electron chi connectivity index (χ1n) is 2.46. The van der Waals surface area contributed by atoms with Crippen molar-refractivity contribution in [2.75, 3.05) is 5.73 Å². The van der Waals surface area contributed by atoms with Gasteiger partial charge in [-0.2, -0.15) is 18.6 Å². The third-order valence-electron chi connectivity index (χ3n) is 0.951. The molecule has 0 aliphatic rings. The van der Waals surface area contributed by atoms with E-state index in [0.29, 0.717) is 0 Å². The van der Waals surface area contributed by atoms with Crippen molar-refractivity contribution in [1.82, 2.24) is 0 Å². The SMILES string of the molecule is [CH2-]c1cccc(N)c1.[CH3-].[W+2]. The predicted octanol–water partition coefficient (Wildman–Crippen LogP) is 1.90. The molecule has 0 amide bonds. The minimum absolute atomic E-state index is 0. The summed E-state index contributed by atoms with van der Waals surface area (Å²) in [5.74, 6) is 0. The Morgan fingerprint density at radius 1 is 1.30 bits per heavy atom. The molecule has 2 heteroatoms. The largest absolute Gasteiger partial charge is 2.00 e. The fraction of sp³-hybridized carbons (Fsp3) is 0. The summed E-state index contributed by atoms with van der Waals surface area (Å²) in [5, 5.41) is 0. The molecule has 1 nitrogen and oxygen atoms in total. The Bertz CT molecular complexity index is 169. The van der Waals surface area contributed by atoms with Crippen LogP contribution in [-0.2, 0) is 21.1 Å². The van der Waals surface area contributed by atoms with Gasteiger partial charge in [-0.1, -0.05) is 6.07 Å². The second-order valence-electron chi connectivity index (χ2n) is 1.75. The minimum atomic E-state index is 0. The average Bonchev–Trinajstić information content (AvgIpc) is 1.64. The molecule has 54 valence electrons. The first-order chi connectivity index (χ1) is 3.79. The maximum Gasteiger partial charge on any atom is 2.00 e. The molecular weight excluding hydrogens is 294 g/mol. The van der Waals surface area contributed by atoms with Gasteiger partial charge in [-0.15, -0.1) is 12.1 Å². The van der Waals surface area contributed by atoms with Crippen molar-refractivity contribution in [1.29, 1.82) is 0 Å². The van der Waals surface area contributed by atoms with Crippen LogP contribution in [0.5, 0.6) is 0 Å². The van der Waals surface area contributed by atoms with Gasteiger partial charge in [-0.05, 0) is 5.69 Å². The van der Waals surface area contributed by atoms with Crippen molar-refractivity contribution >= 4 is 5.69 Å². The van der Waals surface area contributed by atoms with Gasteiger partial charge in [0, 0.05) is 0 Å². The summed E-state index contributed by atoms with van der Waals surface area (Å²) in [4.78, 5) is 0. The Hall–Kier alpha value is -0.422. The van der Waals surface area contributed by atoms with Crippen LogP contribution < -0.4 is 5.73 Å². The van der Waals surface area contributed by atoms with E-state index in [0.717, 1.165) is 11.3 Å². The summed E-state index contributed by atoms with van der Waals surface area (Å²) in [6.45, 7) is 3.70. The first-order valence-corrected chi connectivity index (χ1v) is 2.46. The van der Waals surface area contributed by atoms with Gasteiger partial charge >= 0.3 is 21.1 Å². The predicted molar refractivity (Wildman–Crippen MR) is 41.7 cm³/mol. The van der Waals surface area contributed by atoms with Crippen LogP contribution in [-0.4, -0.2) is 0 Å². The quantitative estimate of drug-likeness (QED) is 0.575. The molecule has 0 atom stereocenters. The standard InChI is InChI=1S/C7H8N.CH3.W/c1-6-3-2-4-7(8)5-6;;/h2-5H,1,8H2;1H3;/q2*-1;+2. The monoisotopic (exact) mass is 305 g/mol. The van der Waals surface area contributed by atoms with E-state index in [2.05, 4.69) is 6.92 Å². The second kappa shape index (κ2) is 5.37. The molecule has 0 aliphatic carbocycles. The molecule has 0 aliphatic heterocycles. The molecule has 0 radical (unpaired) electrons. The summed E-state index contributed by atoms with van der Waals surface area (Å²) in [6.07, 6.45) is 0. The Balaban J connectivity index is 0. The van der Waals surface area contributed by atoms with Gasteiger partial charge in [0.05, 0.1) is 0 Å². The van der Waals surface area contributed by atoms with Crippen molar-refractivity contribution in [3.05, 3.63) is 44.2 Å². The van der Waals surface area contributed by atoms with E-state index in [-0.39, 0.29) is 28.5 Å². The van der Waals surface area contributed by atoms with Gasteiger partial charge in [0.25, 0.3) is 0 Å². The minimum Gasteiger partial charge on any atom is -0.409 e. The van der Waals surface area contributed by atoms with Crippen molar-refractivity contribution in [2.45, 2.75) is 0 Å². The van der Waals surface area contributed by atoms with E-state index in [4.69, 9.17) is 5.73 Å². The normalized spacial score (nSPS) is 7.20. The zero-order valence-corrected chi connectivity index (χ0v) is 8.94. The maximum atomic E-state index is 5.42. The zero-order valence-electron chi connectivity index (χ0n) is 6.00. The van der Waals surface area contributed by atoms with Crippen LogP contribution in [0.1, 0.15) is 5.56 Å². The fourth-order valence-electron chi connectivity index (χ4n) is 0.593. The summed E-state index contributed by atoms with van der Waals surface area (Å²) in [5.41, 5.74) is 7.16. The van der Waals surface area contributed by atoms with Gasteiger partial charge in [0.2, 0.25) is 0 Å². The van der Waals surface area contributed by atoms with Crippen LogP contribution in [0.4, 0.5) is 5.69 Å². The Morgan fingerprint density at radius 2 is 1.90 bits per heavy atom. The van der Waals surface area contributed by atoms with Crippen molar-refractivity contribution < 1.29 is 21.1 Å². The number of benzene rings is 1. The molecule has 0 spiro atoms.